The van der Waals surface area contributed by atoms with Gasteiger partial charge in [0, 0.05) is 17.8 Å². The third-order valence-corrected chi connectivity index (χ3v) is 3.43. The first-order chi connectivity index (χ1) is 8.28. The van der Waals surface area contributed by atoms with Gasteiger partial charge in [-0.2, -0.15) is 0 Å². The Morgan fingerprint density at radius 1 is 1.47 bits per heavy atom. The van der Waals surface area contributed by atoms with Crippen molar-refractivity contribution in [3.8, 4) is 0 Å². The summed E-state index contributed by atoms with van der Waals surface area (Å²) in [6.07, 6.45) is 4.82. The van der Waals surface area contributed by atoms with Crippen molar-refractivity contribution in [2.24, 2.45) is 0 Å². The molecule has 88 valence electrons. The summed E-state index contributed by atoms with van der Waals surface area (Å²) in [5.74, 6) is 0.508. The van der Waals surface area contributed by atoms with Gasteiger partial charge in [0.2, 0.25) is 0 Å². The van der Waals surface area contributed by atoms with Crippen LogP contribution in [-0.2, 0) is 13.0 Å². The topological polar surface area (TPSA) is 74.0 Å². The summed E-state index contributed by atoms with van der Waals surface area (Å²) in [5.41, 5.74) is 7.67. The summed E-state index contributed by atoms with van der Waals surface area (Å²) >= 11 is 1.62. The van der Waals surface area contributed by atoms with Crippen molar-refractivity contribution < 1.29 is 0 Å². The molecular weight excluding hydrogens is 236 g/mol. The second kappa shape index (κ2) is 3.85. The summed E-state index contributed by atoms with van der Waals surface area (Å²) in [6, 6.07) is 0. The number of anilines is 1. The third-order valence-electron chi connectivity index (χ3n) is 2.66. The minimum absolute atomic E-state index is 0.508. The standard InChI is InChI=1S/C10H12N6S/c1-2-8-9(11)13-14-16(8)6-7-5-15-3-4-17-10(15)12-7/h3-5H,2,6,11H2,1H3. The van der Waals surface area contributed by atoms with Crippen molar-refractivity contribution in [1.82, 2.24) is 24.4 Å². The molecule has 0 bridgehead atoms. The molecule has 0 aliphatic carbocycles. The predicted molar refractivity (Wildman–Crippen MR) is 66.0 cm³/mol. The van der Waals surface area contributed by atoms with Crippen LogP contribution in [0.5, 0.6) is 0 Å². The molecule has 2 N–H and O–H groups in total. The molecule has 3 aromatic heterocycles. The van der Waals surface area contributed by atoms with E-state index in [1.54, 1.807) is 11.3 Å². The van der Waals surface area contributed by atoms with E-state index in [2.05, 4.69) is 15.3 Å². The van der Waals surface area contributed by atoms with Gasteiger partial charge in [0.25, 0.3) is 0 Å². The lowest BCUT2D eigenvalue weighted by Crippen LogP contribution is -2.07. The Balaban J connectivity index is 1.93. The van der Waals surface area contributed by atoms with Crippen LogP contribution >= 0.6 is 11.3 Å². The highest BCUT2D eigenvalue weighted by Gasteiger charge is 2.10. The molecule has 0 spiro atoms. The molecular formula is C10H12N6S. The molecule has 17 heavy (non-hydrogen) atoms. The third kappa shape index (κ3) is 1.68. The molecule has 7 heteroatoms. The lowest BCUT2D eigenvalue weighted by Gasteiger charge is -2.01. The Morgan fingerprint density at radius 3 is 3.12 bits per heavy atom. The molecule has 0 atom stereocenters. The molecule has 0 saturated heterocycles. The molecule has 0 fully saturated rings. The van der Waals surface area contributed by atoms with E-state index >= 15 is 0 Å². The number of imidazole rings is 1. The minimum Gasteiger partial charge on any atom is -0.381 e. The van der Waals surface area contributed by atoms with Crippen LogP contribution < -0.4 is 5.73 Å². The van der Waals surface area contributed by atoms with Gasteiger partial charge in [0.15, 0.2) is 10.8 Å². The molecule has 0 aliphatic rings. The highest BCUT2D eigenvalue weighted by Crippen LogP contribution is 2.14. The molecule has 0 saturated carbocycles. The first-order valence-electron chi connectivity index (χ1n) is 5.37. The number of rotatable bonds is 3. The number of nitrogen functional groups attached to an aromatic ring is 1. The fourth-order valence-corrected chi connectivity index (χ4v) is 2.56. The number of nitrogens with two attached hydrogens (primary N) is 1. The Morgan fingerprint density at radius 2 is 2.35 bits per heavy atom. The second-order valence-electron chi connectivity index (χ2n) is 3.76. The predicted octanol–water partition coefficient (Wildman–Crippen LogP) is 1.18. The van der Waals surface area contributed by atoms with Crippen molar-refractivity contribution in [3.63, 3.8) is 0 Å². The smallest absolute Gasteiger partial charge is 0.193 e. The van der Waals surface area contributed by atoms with Gasteiger partial charge in [-0.3, -0.25) is 4.40 Å². The average molecular weight is 248 g/mol. The van der Waals surface area contributed by atoms with E-state index in [4.69, 9.17) is 5.73 Å². The first kappa shape index (κ1) is 10.3. The van der Waals surface area contributed by atoms with Crippen LogP contribution in [0, 0.1) is 0 Å². The fourth-order valence-electron chi connectivity index (χ4n) is 1.84. The maximum atomic E-state index is 5.74. The SMILES string of the molecule is CCc1c(N)nnn1Cc1cn2ccsc2n1. The molecule has 6 nitrogen and oxygen atoms in total. The number of aromatic nitrogens is 5. The zero-order chi connectivity index (χ0) is 11.8. The normalized spacial score (nSPS) is 11.4. The summed E-state index contributed by atoms with van der Waals surface area (Å²) < 4.78 is 3.81. The molecule has 3 rings (SSSR count). The number of hydrogen-bond acceptors (Lipinski definition) is 5. The lowest BCUT2D eigenvalue weighted by molar-refractivity contribution is 0.614. The Kier molecular flexibility index (Phi) is 2.32. The maximum absolute atomic E-state index is 5.74. The van der Waals surface area contributed by atoms with Crippen LogP contribution in [0.4, 0.5) is 5.82 Å². The van der Waals surface area contributed by atoms with Crippen LogP contribution in [-0.4, -0.2) is 24.4 Å². The Hall–Kier alpha value is -1.89. The van der Waals surface area contributed by atoms with Crippen LogP contribution in [0.25, 0.3) is 4.96 Å². The molecule has 0 aliphatic heterocycles. The van der Waals surface area contributed by atoms with Gasteiger partial charge in [-0.1, -0.05) is 12.1 Å². The molecule has 3 heterocycles. The number of fused-ring (bicyclic) bond motifs is 1. The van der Waals surface area contributed by atoms with Gasteiger partial charge in [-0.15, -0.1) is 16.4 Å². The van der Waals surface area contributed by atoms with E-state index < -0.39 is 0 Å². The summed E-state index contributed by atoms with van der Waals surface area (Å²) in [7, 11) is 0. The Labute approximate surface area is 102 Å². The van der Waals surface area contributed by atoms with E-state index in [0.29, 0.717) is 12.4 Å². The van der Waals surface area contributed by atoms with Crippen LogP contribution in [0.15, 0.2) is 17.8 Å². The van der Waals surface area contributed by atoms with E-state index in [1.165, 1.54) is 0 Å². The monoisotopic (exact) mass is 248 g/mol. The van der Waals surface area contributed by atoms with E-state index in [0.717, 1.165) is 22.8 Å². The number of thiazole rings is 1. The minimum atomic E-state index is 0.508. The second-order valence-corrected chi connectivity index (χ2v) is 4.63. The molecule has 0 amide bonds. The summed E-state index contributed by atoms with van der Waals surface area (Å²) in [5, 5.41) is 9.93. The van der Waals surface area contributed by atoms with Gasteiger partial charge < -0.3 is 5.73 Å². The highest BCUT2D eigenvalue weighted by atomic mass is 32.1. The van der Waals surface area contributed by atoms with Crippen molar-refractivity contribution in [2.45, 2.75) is 19.9 Å². The molecule has 0 unspecified atom stereocenters. The number of nitrogens with zero attached hydrogens (tertiary/aromatic N) is 5. The lowest BCUT2D eigenvalue weighted by atomic mass is 10.3. The maximum Gasteiger partial charge on any atom is 0.193 e. The van der Waals surface area contributed by atoms with Crippen LogP contribution in [0.1, 0.15) is 18.3 Å². The van der Waals surface area contributed by atoms with E-state index in [9.17, 15) is 0 Å². The number of hydrogen-bond donors (Lipinski definition) is 1. The van der Waals surface area contributed by atoms with Crippen molar-refractivity contribution in [3.05, 3.63) is 29.2 Å². The van der Waals surface area contributed by atoms with E-state index in [-0.39, 0.29) is 0 Å². The van der Waals surface area contributed by atoms with E-state index in [1.807, 2.05) is 33.8 Å². The fraction of sp³-hybridized carbons (Fsp3) is 0.300. The van der Waals surface area contributed by atoms with Gasteiger partial charge >= 0.3 is 0 Å². The summed E-state index contributed by atoms with van der Waals surface area (Å²) in [4.78, 5) is 5.50. The molecule has 0 radical (unpaired) electrons. The largest absolute Gasteiger partial charge is 0.381 e. The van der Waals surface area contributed by atoms with Gasteiger partial charge in [-0.05, 0) is 6.42 Å². The van der Waals surface area contributed by atoms with Gasteiger partial charge in [0.05, 0.1) is 17.9 Å². The highest BCUT2D eigenvalue weighted by molar-refractivity contribution is 7.15. The molecule has 3 aromatic rings. The summed E-state index contributed by atoms with van der Waals surface area (Å²) in [6.45, 7) is 2.65. The molecule has 0 aromatic carbocycles. The van der Waals surface area contributed by atoms with Crippen LogP contribution in [0.2, 0.25) is 0 Å². The van der Waals surface area contributed by atoms with Crippen molar-refractivity contribution >= 4 is 22.1 Å². The quantitative estimate of drug-likeness (QED) is 0.755. The average Bonchev–Trinajstić information content (AvgIpc) is 2.94. The van der Waals surface area contributed by atoms with Gasteiger partial charge in [-0.25, -0.2) is 9.67 Å². The van der Waals surface area contributed by atoms with Crippen molar-refractivity contribution in [1.29, 1.82) is 0 Å². The Bertz CT molecular complexity index is 620. The van der Waals surface area contributed by atoms with Crippen molar-refractivity contribution in [2.75, 3.05) is 5.73 Å². The zero-order valence-electron chi connectivity index (χ0n) is 9.37. The zero-order valence-corrected chi connectivity index (χ0v) is 10.2. The van der Waals surface area contributed by atoms with Crippen LogP contribution in [0.3, 0.4) is 0 Å². The van der Waals surface area contributed by atoms with Gasteiger partial charge in [0.1, 0.15) is 0 Å². The first-order valence-corrected chi connectivity index (χ1v) is 6.25.